The number of hydrogen-bond acceptors (Lipinski definition) is 6. The number of anilines is 1. The molecule has 0 saturated heterocycles. The second kappa shape index (κ2) is 8.77. The van der Waals surface area contributed by atoms with Crippen molar-refractivity contribution in [3.8, 4) is 0 Å². The van der Waals surface area contributed by atoms with Gasteiger partial charge in [-0.1, -0.05) is 44.9 Å². The molecule has 0 atom stereocenters. The van der Waals surface area contributed by atoms with Crippen LogP contribution in [0.15, 0.2) is 12.3 Å². The van der Waals surface area contributed by atoms with Gasteiger partial charge in [-0.3, -0.25) is 10.1 Å². The first-order valence-electron chi connectivity index (χ1n) is 9.92. The highest BCUT2D eigenvalue weighted by Gasteiger charge is 2.20. The van der Waals surface area contributed by atoms with Crippen LogP contribution >= 0.6 is 11.3 Å². The van der Waals surface area contributed by atoms with Gasteiger partial charge in [-0.15, -0.1) is 10.2 Å². The highest BCUT2D eigenvalue weighted by Crippen LogP contribution is 2.26. The first-order chi connectivity index (χ1) is 13.4. The lowest BCUT2D eigenvalue weighted by molar-refractivity contribution is 0.102. The van der Waals surface area contributed by atoms with Crippen LogP contribution in [0.1, 0.15) is 86.9 Å². The minimum absolute atomic E-state index is 0.164. The molecule has 3 heterocycles. The van der Waals surface area contributed by atoms with E-state index in [9.17, 15) is 4.79 Å². The van der Waals surface area contributed by atoms with Crippen LogP contribution in [0.3, 0.4) is 0 Å². The molecular formula is C20H28N6OS. The smallest absolute Gasteiger partial charge is 0.258 e. The van der Waals surface area contributed by atoms with Gasteiger partial charge >= 0.3 is 0 Å². The molecule has 3 rings (SSSR count). The second-order valence-electron chi connectivity index (χ2n) is 7.58. The van der Waals surface area contributed by atoms with Crippen LogP contribution in [0, 0.1) is 0 Å². The minimum atomic E-state index is -0.200. The van der Waals surface area contributed by atoms with E-state index in [2.05, 4.69) is 55.2 Å². The summed E-state index contributed by atoms with van der Waals surface area (Å²) < 4.78 is 1.86. The topological polar surface area (TPSA) is 85.6 Å². The third kappa shape index (κ3) is 4.38. The third-order valence-electron chi connectivity index (χ3n) is 4.59. The van der Waals surface area contributed by atoms with Gasteiger partial charge < -0.3 is 0 Å². The van der Waals surface area contributed by atoms with E-state index in [4.69, 9.17) is 4.98 Å². The van der Waals surface area contributed by atoms with E-state index < -0.39 is 0 Å². The molecule has 28 heavy (non-hydrogen) atoms. The summed E-state index contributed by atoms with van der Waals surface area (Å²) >= 11 is 1.44. The Hall–Kier alpha value is -2.35. The maximum atomic E-state index is 13.0. The Bertz CT molecular complexity index is 959. The number of amides is 1. The van der Waals surface area contributed by atoms with Crippen molar-refractivity contribution in [1.82, 2.24) is 25.0 Å². The summed E-state index contributed by atoms with van der Waals surface area (Å²) in [4.78, 5) is 17.8. The molecule has 0 aliphatic carbocycles. The average Bonchev–Trinajstić information content (AvgIpc) is 3.27. The monoisotopic (exact) mass is 400 g/mol. The predicted molar refractivity (Wildman–Crippen MR) is 113 cm³/mol. The van der Waals surface area contributed by atoms with E-state index in [1.807, 2.05) is 10.7 Å². The molecule has 0 bridgehead atoms. The fourth-order valence-electron chi connectivity index (χ4n) is 2.99. The second-order valence-corrected chi connectivity index (χ2v) is 8.64. The zero-order chi connectivity index (χ0) is 20.3. The predicted octanol–water partition coefficient (Wildman–Crippen LogP) is 4.97. The van der Waals surface area contributed by atoms with Crippen molar-refractivity contribution in [2.75, 3.05) is 5.32 Å². The zero-order valence-corrected chi connectivity index (χ0v) is 18.0. The number of nitrogens with zero attached hydrogens (tertiary/aromatic N) is 5. The molecule has 0 aliphatic heterocycles. The van der Waals surface area contributed by atoms with Gasteiger partial charge in [0.15, 0.2) is 5.65 Å². The number of carbonyl (C=O) groups is 1. The maximum Gasteiger partial charge on any atom is 0.258 e. The van der Waals surface area contributed by atoms with Crippen molar-refractivity contribution < 1.29 is 4.79 Å². The Morgan fingerprint density at radius 3 is 2.68 bits per heavy atom. The Morgan fingerprint density at radius 2 is 2.00 bits per heavy atom. The molecule has 0 aliphatic rings. The molecule has 3 aromatic heterocycles. The summed E-state index contributed by atoms with van der Waals surface area (Å²) in [5.74, 6) is 0.00650. The van der Waals surface area contributed by atoms with E-state index in [1.165, 1.54) is 24.2 Å². The van der Waals surface area contributed by atoms with Crippen LogP contribution < -0.4 is 5.32 Å². The van der Waals surface area contributed by atoms with Crippen molar-refractivity contribution in [2.24, 2.45) is 0 Å². The number of unbranched alkanes of at least 4 members (excludes halogenated alkanes) is 2. The van der Waals surface area contributed by atoms with Crippen molar-refractivity contribution in [1.29, 1.82) is 0 Å². The average molecular weight is 401 g/mol. The van der Waals surface area contributed by atoms with Crippen molar-refractivity contribution in [3.63, 3.8) is 0 Å². The summed E-state index contributed by atoms with van der Waals surface area (Å²) in [5, 5.41) is 17.9. The van der Waals surface area contributed by atoms with E-state index in [-0.39, 0.29) is 17.9 Å². The maximum absolute atomic E-state index is 13.0. The number of rotatable bonds is 8. The summed E-state index contributed by atoms with van der Waals surface area (Å²) in [6.45, 7) is 10.4. The van der Waals surface area contributed by atoms with Gasteiger partial charge in [0.2, 0.25) is 5.13 Å². The summed E-state index contributed by atoms with van der Waals surface area (Å²) in [5.41, 5.74) is 2.18. The minimum Gasteiger partial charge on any atom is -0.296 e. The van der Waals surface area contributed by atoms with Crippen molar-refractivity contribution in [2.45, 2.75) is 72.3 Å². The molecule has 150 valence electrons. The van der Waals surface area contributed by atoms with E-state index in [1.54, 1.807) is 6.20 Å². The van der Waals surface area contributed by atoms with Gasteiger partial charge in [0, 0.05) is 18.2 Å². The summed E-state index contributed by atoms with van der Waals surface area (Å²) in [6.07, 6.45) is 6.06. The zero-order valence-electron chi connectivity index (χ0n) is 17.2. The van der Waals surface area contributed by atoms with E-state index >= 15 is 0 Å². The SMILES string of the molecule is CCCCCc1nnc(NC(=O)c2cc(C(C)C)nc3c2cnn3C(C)C)s1. The van der Waals surface area contributed by atoms with Gasteiger partial charge in [0.05, 0.1) is 17.1 Å². The highest BCUT2D eigenvalue weighted by atomic mass is 32.1. The first kappa shape index (κ1) is 20.4. The summed E-state index contributed by atoms with van der Waals surface area (Å²) in [6, 6.07) is 2.02. The Labute approximate surface area is 169 Å². The van der Waals surface area contributed by atoms with Gasteiger partial charge in [-0.2, -0.15) is 5.10 Å². The molecule has 0 spiro atoms. The third-order valence-corrected chi connectivity index (χ3v) is 5.49. The molecule has 0 fully saturated rings. The quantitative estimate of drug-likeness (QED) is 0.539. The fraction of sp³-hybridized carbons (Fsp3) is 0.550. The molecular weight excluding hydrogens is 372 g/mol. The number of pyridine rings is 1. The van der Waals surface area contributed by atoms with Crippen molar-refractivity contribution >= 4 is 33.4 Å². The van der Waals surface area contributed by atoms with Crippen molar-refractivity contribution in [3.05, 3.63) is 28.5 Å². The van der Waals surface area contributed by atoms with Gasteiger partial charge in [-0.05, 0) is 32.3 Å². The molecule has 0 unspecified atom stereocenters. The van der Waals surface area contributed by atoms with Crippen LogP contribution in [0.4, 0.5) is 5.13 Å². The summed E-state index contributed by atoms with van der Waals surface area (Å²) in [7, 11) is 0. The lowest BCUT2D eigenvalue weighted by Gasteiger charge is -2.11. The van der Waals surface area contributed by atoms with Crippen LogP contribution in [0.25, 0.3) is 11.0 Å². The Kier molecular flexibility index (Phi) is 6.39. The standard InChI is InChI=1S/C20H28N6OS/c1-6-7-8-9-17-24-25-20(28-17)23-19(27)14-10-16(12(2)3)22-18-15(14)11-21-26(18)13(4)5/h10-13H,6-9H2,1-5H3,(H,23,25,27). The van der Waals surface area contributed by atoms with Gasteiger partial charge in [0.1, 0.15) is 5.01 Å². The fourth-order valence-corrected chi connectivity index (χ4v) is 3.77. The molecule has 0 saturated carbocycles. The van der Waals surface area contributed by atoms with E-state index in [0.29, 0.717) is 10.7 Å². The van der Waals surface area contributed by atoms with Crippen LogP contribution in [0.5, 0.6) is 0 Å². The molecule has 0 aromatic carbocycles. The number of fused-ring (bicyclic) bond motifs is 1. The molecule has 1 amide bonds. The number of nitrogens with one attached hydrogen (secondary N) is 1. The number of carbonyl (C=O) groups excluding carboxylic acids is 1. The molecule has 0 radical (unpaired) electrons. The van der Waals surface area contributed by atoms with Crippen LogP contribution in [-0.4, -0.2) is 30.9 Å². The number of aryl methyl sites for hydroxylation is 1. The molecule has 3 aromatic rings. The normalized spacial score (nSPS) is 11.7. The Balaban J connectivity index is 1.88. The number of aromatic nitrogens is 5. The lowest BCUT2D eigenvalue weighted by atomic mass is 10.0. The van der Waals surface area contributed by atoms with Gasteiger partial charge in [0.25, 0.3) is 5.91 Å². The van der Waals surface area contributed by atoms with Crippen LogP contribution in [-0.2, 0) is 6.42 Å². The molecule has 8 heteroatoms. The van der Waals surface area contributed by atoms with Crippen LogP contribution in [0.2, 0.25) is 0 Å². The molecule has 1 N–H and O–H groups in total. The molecule has 7 nitrogen and oxygen atoms in total. The largest absolute Gasteiger partial charge is 0.296 e. The first-order valence-corrected chi connectivity index (χ1v) is 10.7. The lowest BCUT2D eigenvalue weighted by Crippen LogP contribution is -2.14. The van der Waals surface area contributed by atoms with Gasteiger partial charge in [-0.25, -0.2) is 9.67 Å². The number of hydrogen-bond donors (Lipinski definition) is 1. The van der Waals surface area contributed by atoms with E-state index in [0.717, 1.165) is 34.6 Å². The highest BCUT2D eigenvalue weighted by molar-refractivity contribution is 7.15. The Morgan fingerprint density at radius 1 is 1.21 bits per heavy atom.